The van der Waals surface area contributed by atoms with E-state index < -0.39 is 24.2 Å². The second kappa shape index (κ2) is 12.5. The lowest BCUT2D eigenvalue weighted by atomic mass is 10.1. The van der Waals surface area contributed by atoms with Gasteiger partial charge in [-0.25, -0.2) is 0 Å². The van der Waals surface area contributed by atoms with Crippen LogP contribution in [0.3, 0.4) is 0 Å². The summed E-state index contributed by atoms with van der Waals surface area (Å²) in [7, 11) is -4.64. The van der Waals surface area contributed by atoms with Crippen molar-refractivity contribution in [3.63, 3.8) is 0 Å². The first kappa shape index (κ1) is 36.0. The van der Waals surface area contributed by atoms with Crippen molar-refractivity contribution in [3.8, 4) is 17.1 Å². The Hall–Kier alpha value is -5.41. The maximum Gasteiger partial charge on any atom is 0.0776 e. The summed E-state index contributed by atoms with van der Waals surface area (Å²) in [5, 5.41) is 12.3. The van der Waals surface area contributed by atoms with E-state index in [1.165, 1.54) is 81.0 Å². The largest absolute Gasteiger partial charge is 0.309 e. The lowest BCUT2D eigenvalue weighted by Crippen LogP contribution is -2.37. The number of para-hydroxylation sites is 3. The van der Waals surface area contributed by atoms with Gasteiger partial charge in [-0.15, -0.1) is 0 Å². The number of fused-ring (bicyclic) bond motifs is 9. The monoisotopic (exact) mass is 789 g/mol. The van der Waals surface area contributed by atoms with Gasteiger partial charge in [0.2, 0.25) is 0 Å². The van der Waals surface area contributed by atoms with Crippen LogP contribution in [-0.4, -0.2) is 37.9 Å². The molecule has 3 heterocycles. The van der Waals surface area contributed by atoms with Gasteiger partial charge in [-0.05, 0) is 54.6 Å². The minimum Gasteiger partial charge on any atom is -0.309 e. The van der Waals surface area contributed by atoms with Gasteiger partial charge in [-0.1, -0.05) is 165 Å². The molecule has 10 rings (SSSR count). The molecule has 0 N–H and O–H groups in total. The zero-order valence-electron chi connectivity index (χ0n) is 34.7. The van der Waals surface area contributed by atoms with Crippen LogP contribution in [0.4, 0.5) is 0 Å². The third kappa shape index (κ3) is 5.71. The molecule has 57 heavy (non-hydrogen) atoms. The minimum atomic E-state index is -1.55. The van der Waals surface area contributed by atoms with E-state index in [9.17, 15) is 0 Å². The van der Waals surface area contributed by atoms with E-state index in [0.717, 1.165) is 17.1 Å². The second-order valence-corrected chi connectivity index (χ2v) is 34.4. The van der Waals surface area contributed by atoms with E-state index in [-0.39, 0.29) is 0 Å². The van der Waals surface area contributed by atoms with Crippen LogP contribution in [0.2, 0.25) is 58.9 Å². The molecule has 0 amide bonds. The molecule has 0 saturated heterocycles. The van der Waals surface area contributed by atoms with E-state index in [0.29, 0.717) is 0 Å². The molecule has 0 bridgehead atoms. The van der Waals surface area contributed by atoms with E-state index in [4.69, 9.17) is 0 Å². The molecule has 0 spiro atoms. The first-order valence-corrected chi connectivity index (χ1v) is 30.9. The van der Waals surface area contributed by atoms with Gasteiger partial charge in [-0.3, -0.25) is 0 Å². The van der Waals surface area contributed by atoms with Gasteiger partial charge in [0.1, 0.15) is 0 Å². The highest BCUT2D eigenvalue weighted by Gasteiger charge is 2.24. The highest BCUT2D eigenvalue weighted by atomic mass is 28.3. The highest BCUT2D eigenvalue weighted by Crippen LogP contribution is 2.39. The van der Waals surface area contributed by atoms with Crippen molar-refractivity contribution in [2.45, 2.75) is 58.9 Å². The molecule has 0 aliphatic rings. The summed E-state index contributed by atoms with van der Waals surface area (Å²) in [6.07, 6.45) is 0. The third-order valence-corrected chi connectivity index (χ3v) is 18.4. The Labute approximate surface area is 338 Å². The Balaban J connectivity index is 1.34. The Bertz CT molecular complexity index is 2890. The summed E-state index contributed by atoms with van der Waals surface area (Å²) in [6, 6.07) is 56.0. The number of hydrogen-bond acceptors (Lipinski definition) is 0. The molecule has 10 aromatic rings. The normalized spacial score (nSPS) is 13.0. The SMILES string of the molecule is C[Si](C)(C)c1ccc2c(c1)c1ccccc1n2-c1cc(-n2c3ccccc3c3cc([Si](C)(C)C)ccc32)cc(-n2c3ccccc3c3cc([Si](C)(C)C)ccc32)c1. The van der Waals surface area contributed by atoms with E-state index >= 15 is 0 Å². The van der Waals surface area contributed by atoms with E-state index in [1.807, 2.05) is 0 Å². The molecule has 0 radical (unpaired) electrons. The lowest BCUT2D eigenvalue weighted by molar-refractivity contribution is 1.10. The molecule has 0 unspecified atom stereocenters. The van der Waals surface area contributed by atoms with Crippen molar-refractivity contribution in [2.24, 2.45) is 0 Å². The van der Waals surface area contributed by atoms with Crippen molar-refractivity contribution < 1.29 is 0 Å². The molecule has 0 fully saturated rings. The van der Waals surface area contributed by atoms with Crippen LogP contribution in [0, 0.1) is 0 Å². The molecule has 0 saturated carbocycles. The number of nitrogens with zero attached hydrogens (tertiary/aromatic N) is 3. The summed E-state index contributed by atoms with van der Waals surface area (Å²) in [5.74, 6) is 0. The zero-order chi connectivity index (χ0) is 39.6. The number of rotatable bonds is 6. The summed E-state index contributed by atoms with van der Waals surface area (Å²) < 4.78 is 7.54. The topological polar surface area (TPSA) is 14.8 Å². The van der Waals surface area contributed by atoms with Crippen molar-refractivity contribution >= 4 is 105 Å². The average molecular weight is 790 g/mol. The molecule has 3 nitrogen and oxygen atoms in total. The number of aromatic nitrogens is 3. The first-order valence-electron chi connectivity index (χ1n) is 20.4. The van der Waals surface area contributed by atoms with Crippen LogP contribution < -0.4 is 15.6 Å². The van der Waals surface area contributed by atoms with Crippen LogP contribution in [0.1, 0.15) is 0 Å². The third-order valence-electron chi connectivity index (χ3n) is 12.3. The smallest absolute Gasteiger partial charge is 0.0776 e. The van der Waals surface area contributed by atoms with Gasteiger partial charge < -0.3 is 13.7 Å². The molecule has 282 valence electrons. The number of hydrogen-bond donors (Lipinski definition) is 0. The Morgan fingerprint density at radius 3 is 0.772 bits per heavy atom. The Kier molecular flexibility index (Phi) is 7.92. The maximum absolute atomic E-state index is 2.51. The number of benzene rings is 7. The summed E-state index contributed by atoms with van der Waals surface area (Å²) >= 11 is 0. The summed E-state index contributed by atoms with van der Waals surface area (Å²) in [4.78, 5) is 0. The van der Waals surface area contributed by atoms with Crippen molar-refractivity contribution in [1.29, 1.82) is 0 Å². The minimum absolute atomic E-state index is 1.16. The van der Waals surface area contributed by atoms with Gasteiger partial charge in [0.25, 0.3) is 0 Å². The van der Waals surface area contributed by atoms with Crippen LogP contribution in [0.15, 0.2) is 146 Å². The molecule has 7 aromatic carbocycles. The Morgan fingerprint density at radius 2 is 0.509 bits per heavy atom. The molecular weight excluding hydrogens is 739 g/mol. The summed E-state index contributed by atoms with van der Waals surface area (Å²) in [6.45, 7) is 22.0. The fraction of sp³-hybridized carbons (Fsp3) is 0.176. The quantitative estimate of drug-likeness (QED) is 0.149. The van der Waals surface area contributed by atoms with Gasteiger partial charge in [0.05, 0.1) is 74.4 Å². The van der Waals surface area contributed by atoms with E-state index in [1.54, 1.807) is 0 Å². The van der Waals surface area contributed by atoms with Crippen LogP contribution >= 0.6 is 0 Å². The molecular formula is C51H51N3Si3. The molecule has 0 aliphatic heterocycles. The second-order valence-electron chi connectivity index (χ2n) is 19.2. The van der Waals surface area contributed by atoms with Gasteiger partial charge >= 0.3 is 0 Å². The first-order chi connectivity index (χ1) is 27.2. The lowest BCUT2D eigenvalue weighted by Gasteiger charge is -2.19. The van der Waals surface area contributed by atoms with Gasteiger partial charge in [0, 0.05) is 32.3 Å². The van der Waals surface area contributed by atoms with Crippen LogP contribution in [0.25, 0.3) is 82.5 Å². The van der Waals surface area contributed by atoms with Crippen LogP contribution in [-0.2, 0) is 0 Å². The molecule has 3 aromatic heterocycles. The summed E-state index contributed by atoms with van der Waals surface area (Å²) in [5.41, 5.74) is 10.9. The van der Waals surface area contributed by atoms with Crippen molar-refractivity contribution in [1.82, 2.24) is 13.7 Å². The van der Waals surface area contributed by atoms with Gasteiger partial charge in [-0.2, -0.15) is 0 Å². The predicted octanol–water partition coefficient (Wildman–Crippen LogP) is 12.6. The fourth-order valence-corrected chi connectivity index (χ4v) is 12.6. The molecule has 0 aliphatic carbocycles. The van der Waals surface area contributed by atoms with Crippen molar-refractivity contribution in [3.05, 3.63) is 146 Å². The van der Waals surface area contributed by atoms with E-state index in [2.05, 4.69) is 218 Å². The maximum atomic E-state index is 2.51. The van der Waals surface area contributed by atoms with Crippen LogP contribution in [0.5, 0.6) is 0 Å². The molecule has 0 atom stereocenters. The van der Waals surface area contributed by atoms with Gasteiger partial charge in [0.15, 0.2) is 0 Å². The average Bonchev–Trinajstić information content (AvgIpc) is 3.82. The molecule has 6 heteroatoms. The highest BCUT2D eigenvalue weighted by molar-refractivity contribution is 6.89. The fourth-order valence-electron chi connectivity index (χ4n) is 9.12. The predicted molar refractivity (Wildman–Crippen MR) is 258 cm³/mol. The zero-order valence-corrected chi connectivity index (χ0v) is 37.7. The van der Waals surface area contributed by atoms with Crippen molar-refractivity contribution in [2.75, 3.05) is 0 Å². The Morgan fingerprint density at radius 1 is 0.263 bits per heavy atom. The standard InChI is InChI=1S/C51H51N3Si3/c1-55(2,3)37-22-25-49-43(31-37)40-16-10-13-19-46(40)52(49)34-28-35(53-47-20-14-11-17-41(47)44-32-38(56(4,5)6)23-26-50(44)53)30-36(29-34)54-48-21-15-12-18-42(48)45-33-39(57(7,8)9)24-27-51(45)54/h10-33H,1-9H3.